The van der Waals surface area contributed by atoms with Crippen LogP contribution in [0.25, 0.3) is 0 Å². The molecule has 1 unspecified atom stereocenters. The predicted octanol–water partition coefficient (Wildman–Crippen LogP) is 4.45. The highest BCUT2D eigenvalue weighted by molar-refractivity contribution is 7.86. The highest BCUT2D eigenvalue weighted by atomic mass is 32.2. The molecule has 0 aliphatic heterocycles. The average Bonchev–Trinajstić information content (AvgIpc) is 2.38. The van der Waals surface area contributed by atoms with Gasteiger partial charge in [-0.25, -0.2) is 0 Å². The maximum Gasteiger partial charge on any atom is 0.297 e. The first-order valence-corrected chi connectivity index (χ1v) is 8.86. The van der Waals surface area contributed by atoms with Crippen LogP contribution in [-0.4, -0.2) is 14.5 Å². The largest absolute Gasteiger partial charge is 0.297 e. The van der Waals surface area contributed by atoms with Crippen molar-refractivity contribution in [3.8, 4) is 0 Å². The molecule has 0 fully saturated rings. The lowest BCUT2D eigenvalue weighted by Crippen LogP contribution is -2.15. The molecule has 0 radical (unpaired) electrons. The van der Waals surface area contributed by atoms with Crippen LogP contribution in [0.2, 0.25) is 0 Å². The van der Waals surface area contributed by atoms with Crippen LogP contribution in [0.3, 0.4) is 0 Å². The Balaban J connectivity index is 2.43. The molecule has 114 valence electrons. The van der Waals surface area contributed by atoms with Crippen molar-refractivity contribution in [1.29, 1.82) is 0 Å². The van der Waals surface area contributed by atoms with Crippen molar-refractivity contribution in [2.45, 2.75) is 70.3 Å². The summed E-state index contributed by atoms with van der Waals surface area (Å²) in [4.78, 5) is 0.237. The van der Waals surface area contributed by atoms with E-state index in [0.29, 0.717) is 0 Å². The Kier molecular flexibility index (Phi) is 7.24. The molecule has 1 rings (SSSR count). The van der Waals surface area contributed by atoms with Crippen LogP contribution < -0.4 is 0 Å². The van der Waals surface area contributed by atoms with Crippen LogP contribution in [0.1, 0.15) is 57.9 Å². The lowest BCUT2D eigenvalue weighted by Gasteiger charge is -2.13. The molecule has 0 amide bonds. The lowest BCUT2D eigenvalue weighted by atomic mass is 10.1. The summed E-state index contributed by atoms with van der Waals surface area (Å²) in [6, 6.07) is 6.76. The molecule has 4 heteroatoms. The molecule has 0 aliphatic rings. The van der Waals surface area contributed by atoms with Gasteiger partial charge in [0.1, 0.15) is 0 Å². The van der Waals surface area contributed by atoms with Gasteiger partial charge in [0, 0.05) is 0 Å². The molecular formula is C16H26O3S. The summed E-state index contributed by atoms with van der Waals surface area (Å²) >= 11 is 0. The maximum atomic E-state index is 12.1. The van der Waals surface area contributed by atoms with Crippen molar-refractivity contribution in [3.63, 3.8) is 0 Å². The summed E-state index contributed by atoms with van der Waals surface area (Å²) in [6.07, 6.45) is 6.37. The van der Waals surface area contributed by atoms with E-state index < -0.39 is 10.1 Å². The van der Waals surface area contributed by atoms with Crippen molar-refractivity contribution in [2.24, 2.45) is 0 Å². The number of hydrogen-bond acceptors (Lipinski definition) is 3. The molecular weight excluding hydrogens is 272 g/mol. The van der Waals surface area contributed by atoms with Crippen LogP contribution in [0.5, 0.6) is 0 Å². The Morgan fingerprint density at radius 3 is 2.25 bits per heavy atom. The van der Waals surface area contributed by atoms with Gasteiger partial charge in [-0.3, -0.25) is 4.18 Å². The molecule has 0 aromatic heterocycles. The zero-order valence-corrected chi connectivity index (χ0v) is 13.6. The minimum absolute atomic E-state index is 0.237. The summed E-state index contributed by atoms with van der Waals surface area (Å²) in [6.45, 7) is 5.93. The van der Waals surface area contributed by atoms with Crippen molar-refractivity contribution in [1.82, 2.24) is 0 Å². The third kappa shape index (κ3) is 6.06. The number of unbranched alkanes of at least 4 members (excludes halogenated alkanes) is 4. The standard InChI is InChI=1S/C16H26O3S/c1-4-5-6-7-8-9-15(3)19-20(17,18)16-12-10-14(2)11-13-16/h10-13,15H,4-9H2,1-3H3. The minimum atomic E-state index is -3.62. The van der Waals surface area contributed by atoms with Gasteiger partial charge in [-0.2, -0.15) is 8.42 Å². The Labute approximate surface area is 123 Å². The van der Waals surface area contributed by atoms with Crippen LogP contribution in [0, 0.1) is 6.92 Å². The molecule has 1 aromatic carbocycles. The quantitative estimate of drug-likeness (QED) is 0.499. The summed E-state index contributed by atoms with van der Waals surface area (Å²) in [7, 11) is -3.62. The van der Waals surface area contributed by atoms with E-state index in [0.717, 1.165) is 24.8 Å². The Morgan fingerprint density at radius 2 is 1.65 bits per heavy atom. The highest BCUT2D eigenvalue weighted by Gasteiger charge is 2.18. The summed E-state index contributed by atoms with van der Waals surface area (Å²) in [5, 5.41) is 0. The highest BCUT2D eigenvalue weighted by Crippen LogP contribution is 2.17. The van der Waals surface area contributed by atoms with Gasteiger partial charge in [0.05, 0.1) is 11.0 Å². The van der Waals surface area contributed by atoms with E-state index >= 15 is 0 Å². The molecule has 20 heavy (non-hydrogen) atoms. The summed E-state index contributed by atoms with van der Waals surface area (Å²) < 4.78 is 29.4. The van der Waals surface area contributed by atoms with Gasteiger partial charge in [-0.1, -0.05) is 56.7 Å². The van der Waals surface area contributed by atoms with E-state index in [-0.39, 0.29) is 11.0 Å². The fourth-order valence-corrected chi connectivity index (χ4v) is 3.17. The second-order valence-corrected chi connectivity index (χ2v) is 6.95. The SMILES string of the molecule is CCCCCCCC(C)OS(=O)(=O)c1ccc(C)cc1. The monoisotopic (exact) mass is 298 g/mol. The van der Waals surface area contributed by atoms with Crippen molar-refractivity contribution < 1.29 is 12.6 Å². The van der Waals surface area contributed by atoms with Gasteiger partial charge in [-0.15, -0.1) is 0 Å². The topological polar surface area (TPSA) is 43.4 Å². The molecule has 1 aromatic rings. The maximum absolute atomic E-state index is 12.1. The van der Waals surface area contributed by atoms with Crippen LogP contribution in [0.4, 0.5) is 0 Å². The van der Waals surface area contributed by atoms with Crippen LogP contribution in [-0.2, 0) is 14.3 Å². The third-order valence-electron chi connectivity index (χ3n) is 3.31. The molecule has 0 saturated heterocycles. The number of hydrogen-bond donors (Lipinski definition) is 0. The minimum Gasteiger partial charge on any atom is -0.263 e. The van der Waals surface area contributed by atoms with E-state index in [1.54, 1.807) is 24.3 Å². The zero-order chi connectivity index (χ0) is 15.0. The molecule has 0 saturated carbocycles. The average molecular weight is 298 g/mol. The predicted molar refractivity (Wildman–Crippen MR) is 82.3 cm³/mol. The van der Waals surface area contributed by atoms with Gasteiger partial charge < -0.3 is 0 Å². The first kappa shape index (κ1) is 17.2. The second kappa shape index (κ2) is 8.42. The van der Waals surface area contributed by atoms with E-state index in [2.05, 4.69) is 6.92 Å². The third-order valence-corrected chi connectivity index (χ3v) is 4.75. The van der Waals surface area contributed by atoms with Crippen molar-refractivity contribution >= 4 is 10.1 Å². The lowest BCUT2D eigenvalue weighted by molar-refractivity contribution is 0.213. The van der Waals surface area contributed by atoms with Crippen molar-refractivity contribution in [3.05, 3.63) is 29.8 Å². The molecule has 3 nitrogen and oxygen atoms in total. The number of benzene rings is 1. The van der Waals surface area contributed by atoms with Crippen LogP contribution >= 0.6 is 0 Å². The Bertz CT molecular complexity index is 477. The summed E-state index contributed by atoms with van der Waals surface area (Å²) in [5.41, 5.74) is 1.04. The van der Waals surface area contributed by atoms with Gasteiger partial charge in [0.2, 0.25) is 0 Å². The van der Waals surface area contributed by atoms with E-state index in [1.807, 2.05) is 13.8 Å². The number of aryl methyl sites for hydroxylation is 1. The first-order valence-electron chi connectivity index (χ1n) is 7.45. The smallest absolute Gasteiger partial charge is 0.263 e. The van der Waals surface area contributed by atoms with Crippen molar-refractivity contribution in [2.75, 3.05) is 0 Å². The fraction of sp³-hybridized carbons (Fsp3) is 0.625. The van der Waals surface area contributed by atoms with Gasteiger partial charge in [0.25, 0.3) is 10.1 Å². The fourth-order valence-electron chi connectivity index (χ4n) is 2.06. The van der Waals surface area contributed by atoms with Gasteiger partial charge >= 0.3 is 0 Å². The molecule has 0 bridgehead atoms. The van der Waals surface area contributed by atoms with Gasteiger partial charge in [-0.05, 0) is 32.4 Å². The Morgan fingerprint density at radius 1 is 1.05 bits per heavy atom. The normalized spacial score (nSPS) is 13.3. The molecule has 0 aliphatic carbocycles. The van der Waals surface area contributed by atoms with Gasteiger partial charge in [0.15, 0.2) is 0 Å². The zero-order valence-electron chi connectivity index (χ0n) is 12.8. The van der Waals surface area contributed by atoms with Crippen LogP contribution in [0.15, 0.2) is 29.2 Å². The summed E-state index contributed by atoms with van der Waals surface area (Å²) in [5.74, 6) is 0. The molecule has 0 spiro atoms. The Hall–Kier alpha value is -0.870. The second-order valence-electron chi connectivity index (χ2n) is 5.38. The van der Waals surface area contributed by atoms with E-state index in [9.17, 15) is 8.42 Å². The number of rotatable bonds is 9. The first-order chi connectivity index (χ1) is 9.45. The molecule has 0 heterocycles. The molecule has 1 atom stereocenters. The molecule has 0 N–H and O–H groups in total. The van der Waals surface area contributed by atoms with E-state index in [4.69, 9.17) is 4.18 Å². The van der Waals surface area contributed by atoms with E-state index in [1.165, 1.54) is 19.3 Å².